The molecule has 1 N–H and O–H groups in total. The van der Waals surface area contributed by atoms with Gasteiger partial charge < -0.3 is 4.90 Å². The Bertz CT molecular complexity index is 523. The highest BCUT2D eigenvalue weighted by Crippen LogP contribution is 2.14. The van der Waals surface area contributed by atoms with Crippen molar-refractivity contribution in [3.05, 3.63) is 29.8 Å². The normalized spacial score (nSPS) is 11.3. The van der Waals surface area contributed by atoms with Gasteiger partial charge in [-0.15, -0.1) is 0 Å². The van der Waals surface area contributed by atoms with Crippen molar-refractivity contribution >= 4 is 21.6 Å². The molecule has 0 bridgehead atoms. The van der Waals surface area contributed by atoms with Crippen LogP contribution >= 0.6 is 0 Å². The van der Waals surface area contributed by atoms with Gasteiger partial charge >= 0.3 is 0 Å². The predicted octanol–water partition coefficient (Wildman–Crippen LogP) is 1.29. The van der Waals surface area contributed by atoms with Crippen molar-refractivity contribution < 1.29 is 13.2 Å². The Hall–Kier alpha value is -1.40. The maximum atomic E-state index is 11.6. The average Bonchev–Trinajstić information content (AvgIpc) is 2.36. The second-order valence-electron chi connectivity index (χ2n) is 4.30. The first-order chi connectivity index (χ1) is 8.85. The summed E-state index contributed by atoms with van der Waals surface area (Å²) in [6.07, 6.45) is 0. The summed E-state index contributed by atoms with van der Waals surface area (Å²) in [6.45, 7) is 5.54. The lowest BCUT2D eigenvalue weighted by molar-refractivity contribution is -0.116. The van der Waals surface area contributed by atoms with Crippen LogP contribution in [0.2, 0.25) is 0 Å². The largest absolute Gasteiger partial charge is 0.311 e. The molecule has 1 aromatic carbocycles. The molecule has 0 aromatic heterocycles. The number of sulfonamides is 1. The fourth-order valence-electron chi connectivity index (χ4n) is 1.61. The van der Waals surface area contributed by atoms with E-state index in [1.807, 2.05) is 31.2 Å². The van der Waals surface area contributed by atoms with Gasteiger partial charge in [0.1, 0.15) is 0 Å². The Labute approximate surface area is 114 Å². The van der Waals surface area contributed by atoms with Crippen molar-refractivity contribution in [1.82, 2.24) is 4.72 Å². The molecule has 0 aliphatic carbocycles. The van der Waals surface area contributed by atoms with E-state index in [2.05, 4.69) is 4.72 Å². The summed E-state index contributed by atoms with van der Waals surface area (Å²) in [5.74, 6) is -0.0722. The number of carbonyl (C=O) groups is 1. The van der Waals surface area contributed by atoms with Crippen molar-refractivity contribution in [3.8, 4) is 0 Å². The van der Waals surface area contributed by atoms with E-state index in [0.29, 0.717) is 6.54 Å². The van der Waals surface area contributed by atoms with Crippen molar-refractivity contribution in [3.63, 3.8) is 0 Å². The molecule has 0 aliphatic rings. The summed E-state index contributed by atoms with van der Waals surface area (Å²) < 4.78 is 25.1. The molecule has 5 nitrogen and oxygen atoms in total. The minimum absolute atomic E-state index is 0.0393. The molecule has 0 heterocycles. The van der Waals surface area contributed by atoms with E-state index >= 15 is 0 Å². The lowest BCUT2D eigenvalue weighted by Gasteiger charge is -2.21. The number of nitrogens with one attached hydrogen (secondary N) is 1. The highest BCUT2D eigenvalue weighted by atomic mass is 32.2. The van der Waals surface area contributed by atoms with E-state index in [0.717, 1.165) is 11.3 Å². The van der Waals surface area contributed by atoms with Crippen LogP contribution in [0.25, 0.3) is 0 Å². The third kappa shape index (κ3) is 5.00. The Morgan fingerprint density at radius 3 is 2.32 bits per heavy atom. The highest BCUT2D eigenvalue weighted by Gasteiger charge is 2.12. The van der Waals surface area contributed by atoms with Crippen LogP contribution in [0.3, 0.4) is 0 Å². The first-order valence-corrected chi connectivity index (χ1v) is 7.83. The standard InChI is InChI=1S/C13H20N2O3S/c1-4-19(17,18)14-9-10-15(12(3)16)13-7-5-11(2)6-8-13/h5-8,14H,4,9-10H2,1-3H3. The fraction of sp³-hybridized carbons (Fsp3) is 0.462. The summed E-state index contributed by atoms with van der Waals surface area (Å²) in [7, 11) is -3.22. The Kier molecular flexibility index (Phi) is 5.50. The molecule has 0 fully saturated rings. The van der Waals surface area contributed by atoms with Gasteiger partial charge in [-0.3, -0.25) is 4.79 Å². The minimum atomic E-state index is -3.22. The van der Waals surface area contributed by atoms with Gasteiger partial charge in [-0.05, 0) is 26.0 Å². The average molecular weight is 284 g/mol. The summed E-state index contributed by atoms with van der Waals surface area (Å²) in [5, 5.41) is 0. The van der Waals surface area contributed by atoms with Crippen LogP contribution in [0.1, 0.15) is 19.4 Å². The van der Waals surface area contributed by atoms with Gasteiger partial charge in [-0.1, -0.05) is 17.7 Å². The molecule has 0 saturated carbocycles. The maximum absolute atomic E-state index is 11.6. The molecule has 0 radical (unpaired) electrons. The van der Waals surface area contributed by atoms with Crippen molar-refractivity contribution in [2.45, 2.75) is 20.8 Å². The Balaban J connectivity index is 2.69. The molecule has 0 atom stereocenters. The van der Waals surface area contributed by atoms with E-state index < -0.39 is 10.0 Å². The van der Waals surface area contributed by atoms with Crippen LogP contribution < -0.4 is 9.62 Å². The number of rotatable bonds is 6. The van der Waals surface area contributed by atoms with Crippen LogP contribution in [-0.2, 0) is 14.8 Å². The first-order valence-electron chi connectivity index (χ1n) is 6.18. The second kappa shape index (κ2) is 6.68. The second-order valence-corrected chi connectivity index (χ2v) is 6.40. The van der Waals surface area contributed by atoms with Gasteiger partial charge in [-0.2, -0.15) is 0 Å². The lowest BCUT2D eigenvalue weighted by Crippen LogP contribution is -2.38. The monoisotopic (exact) mass is 284 g/mol. The molecular weight excluding hydrogens is 264 g/mol. The maximum Gasteiger partial charge on any atom is 0.223 e. The smallest absolute Gasteiger partial charge is 0.223 e. The van der Waals surface area contributed by atoms with E-state index in [1.165, 1.54) is 6.92 Å². The number of amides is 1. The van der Waals surface area contributed by atoms with Crippen molar-refractivity contribution in [2.24, 2.45) is 0 Å². The Morgan fingerprint density at radius 2 is 1.84 bits per heavy atom. The number of benzene rings is 1. The number of nitrogens with zero attached hydrogens (tertiary/aromatic N) is 1. The molecule has 106 valence electrons. The number of hydrogen-bond donors (Lipinski definition) is 1. The van der Waals surface area contributed by atoms with Gasteiger partial charge in [-0.25, -0.2) is 13.1 Å². The molecule has 19 heavy (non-hydrogen) atoms. The predicted molar refractivity (Wildman–Crippen MR) is 76.7 cm³/mol. The summed E-state index contributed by atoms with van der Waals surface area (Å²) in [4.78, 5) is 13.2. The third-order valence-corrected chi connectivity index (χ3v) is 4.17. The van der Waals surface area contributed by atoms with Crippen LogP contribution in [-0.4, -0.2) is 33.2 Å². The van der Waals surface area contributed by atoms with Crippen LogP contribution in [0, 0.1) is 6.92 Å². The molecule has 0 spiro atoms. The Morgan fingerprint density at radius 1 is 1.26 bits per heavy atom. The molecule has 0 aliphatic heterocycles. The van der Waals surface area contributed by atoms with Crippen molar-refractivity contribution in [2.75, 3.05) is 23.7 Å². The molecule has 1 rings (SSSR count). The number of hydrogen-bond acceptors (Lipinski definition) is 3. The first kappa shape index (κ1) is 15.7. The number of carbonyl (C=O) groups excluding carboxylic acids is 1. The molecule has 1 amide bonds. The van der Waals surface area contributed by atoms with Gasteiger partial charge in [0.2, 0.25) is 15.9 Å². The molecule has 0 unspecified atom stereocenters. The van der Waals surface area contributed by atoms with E-state index in [9.17, 15) is 13.2 Å². The van der Waals surface area contributed by atoms with Gasteiger partial charge in [0, 0.05) is 25.7 Å². The van der Waals surface area contributed by atoms with E-state index in [4.69, 9.17) is 0 Å². The van der Waals surface area contributed by atoms with Crippen LogP contribution in [0.15, 0.2) is 24.3 Å². The van der Waals surface area contributed by atoms with Gasteiger partial charge in [0.05, 0.1) is 5.75 Å². The van der Waals surface area contributed by atoms with Gasteiger partial charge in [0.25, 0.3) is 0 Å². The number of anilines is 1. The lowest BCUT2D eigenvalue weighted by atomic mass is 10.2. The third-order valence-electron chi connectivity index (χ3n) is 2.76. The number of aryl methyl sites for hydroxylation is 1. The zero-order valence-electron chi connectivity index (χ0n) is 11.5. The zero-order valence-corrected chi connectivity index (χ0v) is 12.3. The molecule has 0 saturated heterocycles. The minimum Gasteiger partial charge on any atom is -0.311 e. The molecule has 1 aromatic rings. The SMILES string of the molecule is CCS(=O)(=O)NCCN(C(C)=O)c1ccc(C)cc1. The molecular formula is C13H20N2O3S. The van der Waals surface area contributed by atoms with E-state index in [-0.39, 0.29) is 18.2 Å². The summed E-state index contributed by atoms with van der Waals surface area (Å²) in [5.41, 5.74) is 1.88. The zero-order chi connectivity index (χ0) is 14.5. The van der Waals surface area contributed by atoms with E-state index in [1.54, 1.807) is 11.8 Å². The quantitative estimate of drug-likeness (QED) is 0.856. The summed E-state index contributed by atoms with van der Waals surface area (Å²) in [6, 6.07) is 7.54. The highest BCUT2D eigenvalue weighted by molar-refractivity contribution is 7.89. The van der Waals surface area contributed by atoms with Crippen LogP contribution in [0.4, 0.5) is 5.69 Å². The molecule has 6 heteroatoms. The van der Waals surface area contributed by atoms with Crippen molar-refractivity contribution in [1.29, 1.82) is 0 Å². The summed E-state index contributed by atoms with van der Waals surface area (Å²) >= 11 is 0. The fourth-order valence-corrected chi connectivity index (χ4v) is 2.21. The van der Waals surface area contributed by atoms with Gasteiger partial charge in [0.15, 0.2) is 0 Å². The topological polar surface area (TPSA) is 66.5 Å². The van der Waals surface area contributed by atoms with Crippen LogP contribution in [0.5, 0.6) is 0 Å².